The van der Waals surface area contributed by atoms with Crippen molar-refractivity contribution in [3.05, 3.63) is 62.9 Å². The van der Waals surface area contributed by atoms with Crippen LogP contribution in [0.5, 0.6) is 0 Å². The molecule has 0 saturated heterocycles. The number of carbonyl (C=O) groups is 1. The van der Waals surface area contributed by atoms with E-state index >= 15 is 0 Å². The molecule has 1 aromatic carbocycles. The Bertz CT molecular complexity index is 578. The highest BCUT2D eigenvalue weighted by Gasteiger charge is 2.15. The second-order valence-electron chi connectivity index (χ2n) is 3.63. The van der Waals surface area contributed by atoms with Crippen LogP contribution in [0.2, 0.25) is 15.1 Å². The maximum Gasteiger partial charge on any atom is 0.187 e. The number of ketones is 1. The molecule has 0 N–H and O–H groups in total. The Balaban J connectivity index is 2.30. The third-order valence-corrected chi connectivity index (χ3v) is 3.43. The molecule has 0 bridgehead atoms. The number of pyridine rings is 1. The quantitative estimate of drug-likeness (QED) is 0.783. The van der Waals surface area contributed by atoms with Crippen molar-refractivity contribution in [1.82, 2.24) is 4.98 Å². The molecule has 0 radical (unpaired) electrons. The van der Waals surface area contributed by atoms with Gasteiger partial charge in [-0.3, -0.25) is 9.78 Å². The highest BCUT2D eigenvalue weighted by molar-refractivity contribution is 6.37. The average molecular weight is 301 g/mol. The van der Waals surface area contributed by atoms with Gasteiger partial charge in [-0.1, -0.05) is 40.9 Å². The molecule has 92 valence electrons. The fraction of sp³-hybridized carbons (Fsp3) is 0.0769. The molecular weight excluding hydrogens is 293 g/mol. The molecule has 0 aliphatic carbocycles. The van der Waals surface area contributed by atoms with E-state index in [2.05, 4.69) is 4.98 Å². The van der Waals surface area contributed by atoms with Gasteiger partial charge in [0.05, 0.1) is 5.02 Å². The zero-order valence-electron chi connectivity index (χ0n) is 9.16. The lowest BCUT2D eigenvalue weighted by molar-refractivity contribution is 0.0988. The van der Waals surface area contributed by atoms with E-state index < -0.39 is 0 Å². The highest BCUT2D eigenvalue weighted by Crippen LogP contribution is 2.26. The van der Waals surface area contributed by atoms with E-state index in [1.54, 1.807) is 30.3 Å². The lowest BCUT2D eigenvalue weighted by atomic mass is 10.1. The van der Waals surface area contributed by atoms with E-state index in [0.29, 0.717) is 20.6 Å². The molecule has 0 aliphatic rings. The highest BCUT2D eigenvalue weighted by atomic mass is 35.5. The summed E-state index contributed by atoms with van der Waals surface area (Å²) < 4.78 is 0. The zero-order valence-corrected chi connectivity index (χ0v) is 11.4. The minimum Gasteiger partial charge on any atom is -0.292 e. The summed E-state index contributed by atoms with van der Waals surface area (Å²) in [7, 11) is 0. The molecule has 0 atom stereocenters. The van der Waals surface area contributed by atoms with Gasteiger partial charge in [0.15, 0.2) is 5.78 Å². The monoisotopic (exact) mass is 299 g/mol. The first-order chi connectivity index (χ1) is 8.59. The van der Waals surface area contributed by atoms with Crippen molar-refractivity contribution in [2.24, 2.45) is 0 Å². The van der Waals surface area contributed by atoms with Gasteiger partial charge in [-0.05, 0) is 29.8 Å². The summed E-state index contributed by atoms with van der Waals surface area (Å²) >= 11 is 17.9. The van der Waals surface area contributed by atoms with E-state index in [9.17, 15) is 4.79 Å². The van der Waals surface area contributed by atoms with Crippen LogP contribution in [-0.4, -0.2) is 10.8 Å². The maximum absolute atomic E-state index is 12.1. The number of Topliss-reactive ketones (excluding diaryl/α,β-unsaturated/α-hetero) is 1. The standard InChI is InChI=1S/C13H8Cl3NO/c14-9-3-1-4-10(15)8(9)7-12(18)13-11(16)5-2-6-17-13/h1-6H,7H2. The lowest BCUT2D eigenvalue weighted by Gasteiger charge is -2.06. The Hall–Kier alpha value is -1.09. The molecule has 1 heterocycles. The van der Waals surface area contributed by atoms with Crippen molar-refractivity contribution in [3.8, 4) is 0 Å². The molecule has 2 rings (SSSR count). The Morgan fingerprint density at radius 1 is 1.00 bits per heavy atom. The van der Waals surface area contributed by atoms with Crippen molar-refractivity contribution >= 4 is 40.6 Å². The smallest absolute Gasteiger partial charge is 0.187 e. The van der Waals surface area contributed by atoms with Gasteiger partial charge in [0.1, 0.15) is 5.69 Å². The lowest BCUT2D eigenvalue weighted by Crippen LogP contribution is -2.07. The molecule has 0 fully saturated rings. The van der Waals surface area contributed by atoms with Gasteiger partial charge < -0.3 is 0 Å². The Morgan fingerprint density at radius 3 is 2.22 bits per heavy atom. The van der Waals surface area contributed by atoms with Crippen LogP contribution in [-0.2, 0) is 6.42 Å². The van der Waals surface area contributed by atoms with Crippen molar-refractivity contribution in [2.45, 2.75) is 6.42 Å². The third kappa shape index (κ3) is 2.83. The molecule has 0 saturated carbocycles. The molecule has 0 spiro atoms. The number of carbonyl (C=O) groups excluding carboxylic acids is 1. The largest absolute Gasteiger partial charge is 0.292 e. The summed E-state index contributed by atoms with van der Waals surface area (Å²) in [6.07, 6.45) is 1.60. The molecular formula is C13H8Cl3NO. The van der Waals surface area contributed by atoms with E-state index in [1.165, 1.54) is 6.20 Å². The van der Waals surface area contributed by atoms with Crippen LogP contribution in [0.1, 0.15) is 16.1 Å². The first-order valence-corrected chi connectivity index (χ1v) is 6.29. The molecule has 2 aromatic rings. The number of hydrogen-bond acceptors (Lipinski definition) is 2. The average Bonchev–Trinajstić information content (AvgIpc) is 2.34. The van der Waals surface area contributed by atoms with Crippen LogP contribution >= 0.6 is 34.8 Å². The summed E-state index contributed by atoms with van der Waals surface area (Å²) in [5.74, 6) is -0.212. The van der Waals surface area contributed by atoms with Crippen LogP contribution < -0.4 is 0 Å². The second kappa shape index (κ2) is 5.70. The van der Waals surface area contributed by atoms with E-state index in [1.807, 2.05) is 0 Å². The van der Waals surface area contributed by atoms with Gasteiger partial charge >= 0.3 is 0 Å². The number of aromatic nitrogens is 1. The summed E-state index contributed by atoms with van der Waals surface area (Å²) in [5, 5.41) is 1.25. The van der Waals surface area contributed by atoms with Gasteiger partial charge in [0.25, 0.3) is 0 Å². The van der Waals surface area contributed by atoms with E-state index in [4.69, 9.17) is 34.8 Å². The first-order valence-electron chi connectivity index (χ1n) is 5.16. The SMILES string of the molecule is O=C(Cc1c(Cl)cccc1Cl)c1ncccc1Cl. The molecule has 0 aliphatic heterocycles. The Labute approximate surface area is 120 Å². The van der Waals surface area contributed by atoms with Crippen LogP contribution in [0.4, 0.5) is 0 Å². The Morgan fingerprint density at radius 2 is 1.61 bits per heavy atom. The summed E-state index contributed by atoms with van der Waals surface area (Å²) in [4.78, 5) is 16.0. The van der Waals surface area contributed by atoms with Crippen molar-refractivity contribution < 1.29 is 4.79 Å². The Kier molecular flexibility index (Phi) is 4.23. The van der Waals surface area contributed by atoms with Gasteiger partial charge in [0.2, 0.25) is 0 Å². The van der Waals surface area contributed by atoms with Crippen molar-refractivity contribution in [3.63, 3.8) is 0 Å². The first kappa shape index (κ1) is 13.3. The topological polar surface area (TPSA) is 30.0 Å². The van der Waals surface area contributed by atoms with E-state index in [-0.39, 0.29) is 17.9 Å². The molecule has 1 aromatic heterocycles. The minimum atomic E-state index is -0.212. The normalized spacial score (nSPS) is 10.4. The number of hydrogen-bond donors (Lipinski definition) is 0. The third-order valence-electron chi connectivity index (χ3n) is 2.42. The minimum absolute atomic E-state index is 0.0786. The fourth-order valence-electron chi connectivity index (χ4n) is 1.54. The predicted octanol–water partition coefficient (Wildman–Crippen LogP) is 4.47. The van der Waals surface area contributed by atoms with Crippen LogP contribution in [0.15, 0.2) is 36.5 Å². The second-order valence-corrected chi connectivity index (χ2v) is 4.86. The molecule has 18 heavy (non-hydrogen) atoms. The fourth-order valence-corrected chi connectivity index (χ4v) is 2.29. The molecule has 0 unspecified atom stereocenters. The number of benzene rings is 1. The van der Waals surface area contributed by atoms with Gasteiger partial charge in [0, 0.05) is 22.7 Å². The summed E-state index contributed by atoms with van der Waals surface area (Å²) in [6.45, 7) is 0. The predicted molar refractivity (Wildman–Crippen MR) is 73.7 cm³/mol. The number of halogens is 3. The van der Waals surface area contributed by atoms with Crippen molar-refractivity contribution in [1.29, 1.82) is 0 Å². The van der Waals surface area contributed by atoms with E-state index in [0.717, 1.165) is 0 Å². The molecule has 2 nitrogen and oxygen atoms in total. The van der Waals surface area contributed by atoms with Gasteiger partial charge in [-0.25, -0.2) is 0 Å². The number of nitrogens with zero attached hydrogens (tertiary/aromatic N) is 1. The summed E-state index contributed by atoms with van der Waals surface area (Å²) in [5.41, 5.74) is 0.822. The van der Waals surface area contributed by atoms with Gasteiger partial charge in [-0.15, -0.1) is 0 Å². The summed E-state index contributed by atoms with van der Waals surface area (Å²) in [6, 6.07) is 8.40. The number of rotatable bonds is 3. The van der Waals surface area contributed by atoms with Crippen LogP contribution in [0, 0.1) is 0 Å². The maximum atomic E-state index is 12.1. The molecule has 5 heteroatoms. The van der Waals surface area contributed by atoms with Gasteiger partial charge in [-0.2, -0.15) is 0 Å². The van der Waals surface area contributed by atoms with Crippen LogP contribution in [0.25, 0.3) is 0 Å². The van der Waals surface area contributed by atoms with Crippen LogP contribution in [0.3, 0.4) is 0 Å². The van der Waals surface area contributed by atoms with Crippen molar-refractivity contribution in [2.75, 3.05) is 0 Å². The zero-order chi connectivity index (χ0) is 13.1. The molecule has 0 amide bonds.